The molecule has 14 heteroatoms. The number of hydrogen-bond donors (Lipinski definition) is 1. The van der Waals surface area contributed by atoms with Gasteiger partial charge in [-0.1, -0.05) is 0 Å². The second-order valence-electron chi connectivity index (χ2n) is 12.1. The summed E-state index contributed by atoms with van der Waals surface area (Å²) in [5, 5.41) is 11.3. The van der Waals surface area contributed by atoms with Gasteiger partial charge in [0.1, 0.15) is 10.7 Å². The minimum absolute atomic E-state index is 0.0734. The zero-order chi connectivity index (χ0) is 25.8. The number of likely N-dealkylation sites (tertiary alicyclic amines) is 2. The van der Waals surface area contributed by atoms with Crippen molar-refractivity contribution in [1.82, 2.24) is 34.8 Å². The van der Waals surface area contributed by atoms with Crippen molar-refractivity contribution in [1.29, 1.82) is 0 Å². The maximum absolute atomic E-state index is 12.9. The first-order chi connectivity index (χ1) is 17.4. The number of carbonyl (C=O) groups is 1. The monoisotopic (exact) mass is 539 g/mol. The second-order valence-corrected chi connectivity index (χ2v) is 14.0. The highest BCUT2D eigenvalue weighted by atomic mass is 32.2. The molecule has 3 saturated carbocycles. The first-order valence-corrected chi connectivity index (χ1v) is 14.2. The van der Waals surface area contributed by atoms with Crippen LogP contribution in [0.3, 0.4) is 0 Å². The van der Waals surface area contributed by atoms with Gasteiger partial charge in [0.2, 0.25) is 0 Å². The molecule has 200 valence electrons. The molecular formula is C23H28F3N7O3S. The van der Waals surface area contributed by atoms with Gasteiger partial charge in [0.25, 0.3) is 9.84 Å². The molecule has 0 radical (unpaired) electrons. The molecule has 2 amide bonds. The molecule has 2 aromatic rings. The lowest BCUT2D eigenvalue weighted by molar-refractivity contribution is -0.103. The Kier molecular flexibility index (Phi) is 4.74. The number of nitrogens with zero attached hydrogens (tertiary/aromatic N) is 6. The third-order valence-corrected chi connectivity index (χ3v) is 10.4. The van der Waals surface area contributed by atoms with Gasteiger partial charge >= 0.3 is 11.5 Å². The van der Waals surface area contributed by atoms with Crippen LogP contribution in [0, 0.1) is 16.7 Å². The Morgan fingerprint density at radius 2 is 1.65 bits per heavy atom. The fourth-order valence-corrected chi connectivity index (χ4v) is 7.68. The molecule has 2 spiro atoms. The van der Waals surface area contributed by atoms with Crippen LogP contribution in [0.5, 0.6) is 0 Å². The molecule has 2 aromatic heterocycles. The predicted molar refractivity (Wildman–Crippen MR) is 122 cm³/mol. The van der Waals surface area contributed by atoms with E-state index in [-0.39, 0.29) is 22.8 Å². The molecule has 0 unspecified atom stereocenters. The van der Waals surface area contributed by atoms with Gasteiger partial charge in [-0.15, -0.1) is 0 Å². The summed E-state index contributed by atoms with van der Waals surface area (Å²) in [7, 11) is -5.38. The Labute approximate surface area is 211 Å². The first kappa shape index (κ1) is 23.5. The maximum atomic E-state index is 12.9. The fraction of sp³-hybridized carbons (Fsp3) is 0.739. The van der Waals surface area contributed by atoms with Crippen LogP contribution in [0.4, 0.5) is 18.0 Å². The van der Waals surface area contributed by atoms with E-state index in [2.05, 4.69) is 20.3 Å². The number of rotatable bonds is 5. The van der Waals surface area contributed by atoms with Gasteiger partial charge in [-0.2, -0.15) is 23.4 Å². The number of nitrogens with one attached hydrogen (secondary N) is 1. The van der Waals surface area contributed by atoms with E-state index >= 15 is 0 Å². The third-order valence-electron chi connectivity index (χ3n) is 8.97. The van der Waals surface area contributed by atoms with Crippen LogP contribution in [-0.2, 0) is 16.4 Å². The summed E-state index contributed by atoms with van der Waals surface area (Å²) in [4.78, 5) is 20.6. The number of sulfone groups is 1. The normalized spacial score (nSPS) is 25.1. The molecular weight excluding hydrogens is 511 g/mol. The van der Waals surface area contributed by atoms with Gasteiger partial charge in [-0.05, 0) is 44.4 Å². The third kappa shape index (κ3) is 3.76. The molecule has 7 rings (SSSR count). The molecule has 5 aliphatic rings. The summed E-state index contributed by atoms with van der Waals surface area (Å²) < 4.78 is 62.5. The van der Waals surface area contributed by atoms with Crippen molar-refractivity contribution in [2.75, 3.05) is 26.2 Å². The molecule has 10 nitrogen and oxygen atoms in total. The molecule has 0 aromatic carbocycles. The molecule has 0 bridgehead atoms. The van der Waals surface area contributed by atoms with E-state index in [1.165, 1.54) is 17.5 Å². The van der Waals surface area contributed by atoms with Gasteiger partial charge in [0, 0.05) is 61.6 Å². The molecule has 0 atom stereocenters. The quantitative estimate of drug-likeness (QED) is 0.625. The molecule has 37 heavy (non-hydrogen) atoms. The molecule has 4 heterocycles. The van der Waals surface area contributed by atoms with Crippen molar-refractivity contribution in [3.05, 3.63) is 24.0 Å². The lowest BCUT2D eigenvalue weighted by Crippen LogP contribution is -2.71. The highest BCUT2D eigenvalue weighted by Crippen LogP contribution is 2.57. The van der Waals surface area contributed by atoms with Gasteiger partial charge < -0.3 is 9.80 Å². The second kappa shape index (κ2) is 7.48. The summed E-state index contributed by atoms with van der Waals surface area (Å²) in [6.07, 6.45) is 7.86. The van der Waals surface area contributed by atoms with Crippen LogP contribution in [0.2, 0.25) is 0 Å². The van der Waals surface area contributed by atoms with Gasteiger partial charge in [-0.25, -0.2) is 18.2 Å². The molecule has 1 N–H and O–H groups in total. The molecule has 2 aliphatic heterocycles. The predicted octanol–water partition coefficient (Wildman–Crippen LogP) is 2.88. The molecule has 3 aliphatic carbocycles. The van der Waals surface area contributed by atoms with Gasteiger partial charge in [0.15, 0.2) is 5.82 Å². The van der Waals surface area contributed by atoms with Crippen molar-refractivity contribution in [3.63, 3.8) is 0 Å². The van der Waals surface area contributed by atoms with E-state index in [9.17, 15) is 26.4 Å². The van der Waals surface area contributed by atoms with E-state index in [1.54, 1.807) is 0 Å². The van der Waals surface area contributed by atoms with Crippen LogP contribution >= 0.6 is 0 Å². The van der Waals surface area contributed by atoms with E-state index < -0.39 is 20.2 Å². The van der Waals surface area contributed by atoms with E-state index in [0.717, 1.165) is 62.8 Å². The number of halogens is 3. The highest BCUT2D eigenvalue weighted by Gasteiger charge is 2.59. The average Bonchev–Trinajstić information content (AvgIpc) is 3.25. The summed E-state index contributed by atoms with van der Waals surface area (Å²) in [6.45, 7) is 3.35. The Morgan fingerprint density at radius 1 is 1.03 bits per heavy atom. The van der Waals surface area contributed by atoms with Crippen molar-refractivity contribution in [2.24, 2.45) is 16.7 Å². The Morgan fingerprint density at radius 3 is 2.24 bits per heavy atom. The smallest absolute Gasteiger partial charge is 0.323 e. The zero-order valence-corrected chi connectivity index (χ0v) is 20.9. The lowest BCUT2D eigenvalue weighted by Gasteiger charge is -2.63. The number of aromatic amines is 1. The highest BCUT2D eigenvalue weighted by molar-refractivity contribution is 7.92. The molecule has 2 saturated heterocycles. The Bertz CT molecular complexity index is 1340. The minimum Gasteiger partial charge on any atom is -0.323 e. The van der Waals surface area contributed by atoms with Gasteiger partial charge in [-0.3, -0.25) is 9.78 Å². The largest absolute Gasteiger partial charge is 0.502 e. The first-order valence-electron chi connectivity index (χ1n) is 12.7. The van der Waals surface area contributed by atoms with Crippen molar-refractivity contribution >= 4 is 15.9 Å². The topological polar surface area (TPSA) is 117 Å². The lowest BCUT2D eigenvalue weighted by atomic mass is 9.57. The van der Waals surface area contributed by atoms with Crippen molar-refractivity contribution in [3.8, 4) is 0 Å². The van der Waals surface area contributed by atoms with Crippen LogP contribution in [-0.4, -0.2) is 80.9 Å². The van der Waals surface area contributed by atoms with Crippen molar-refractivity contribution < 1.29 is 26.4 Å². The number of hydrogen-bond acceptors (Lipinski definition) is 6. The van der Waals surface area contributed by atoms with Crippen LogP contribution in [0.1, 0.15) is 62.0 Å². The maximum Gasteiger partial charge on any atom is 0.502 e. The minimum atomic E-state index is -5.38. The Hall–Kier alpha value is -2.64. The average molecular weight is 540 g/mol. The van der Waals surface area contributed by atoms with Gasteiger partial charge in [0.05, 0.1) is 6.20 Å². The Balaban J connectivity index is 0.847. The number of amides is 2. The number of urea groups is 1. The van der Waals surface area contributed by atoms with E-state index in [0.29, 0.717) is 31.5 Å². The number of aromatic nitrogens is 5. The standard InChI is InChI=1S/C23H28F3N7O3S/c24-23(25,26)37(35,36)17-7-27-33(9-17)8-14-3-21(4-14)10-31(11-21)20(34)32-12-22(13-32)5-16(6-22)19-28-18(29-30-19)15-1-2-15/h7,9,14-16H,1-6,8,10-13H2,(H,28,29,30). The number of alkyl halides is 3. The number of H-pyrrole nitrogens is 1. The van der Waals surface area contributed by atoms with E-state index in [1.807, 2.05) is 9.80 Å². The number of carbonyl (C=O) groups excluding carboxylic acids is 1. The fourth-order valence-electron chi connectivity index (χ4n) is 6.96. The van der Waals surface area contributed by atoms with Crippen LogP contribution < -0.4 is 0 Å². The SMILES string of the molecule is O=C(N1CC2(CC(Cn3cc(S(=O)(=O)C(F)(F)F)cn3)C2)C1)N1CC2(CC(c3nc(C4CC4)n[nH]3)C2)C1. The zero-order valence-electron chi connectivity index (χ0n) is 20.1. The van der Waals surface area contributed by atoms with Crippen molar-refractivity contribution in [2.45, 2.75) is 67.3 Å². The van der Waals surface area contributed by atoms with E-state index in [4.69, 9.17) is 0 Å². The molecule has 5 fully saturated rings. The van der Waals surface area contributed by atoms with Crippen LogP contribution in [0.15, 0.2) is 17.3 Å². The summed E-state index contributed by atoms with van der Waals surface area (Å²) in [5.74, 6) is 3.11. The summed E-state index contributed by atoms with van der Waals surface area (Å²) >= 11 is 0. The summed E-state index contributed by atoms with van der Waals surface area (Å²) in [5.41, 5.74) is -5.04. The van der Waals surface area contributed by atoms with Crippen LogP contribution in [0.25, 0.3) is 0 Å². The summed E-state index contributed by atoms with van der Waals surface area (Å²) in [6, 6.07) is 0.0907.